The second kappa shape index (κ2) is 5.75. The third-order valence-electron chi connectivity index (χ3n) is 3.88. The SMILES string of the molecule is CCCCCC1(O)CCCCC1CC. The highest BCUT2D eigenvalue weighted by Crippen LogP contribution is 2.39. The van der Waals surface area contributed by atoms with Gasteiger partial charge in [-0.2, -0.15) is 0 Å². The number of hydrogen-bond acceptors (Lipinski definition) is 1. The molecule has 2 unspecified atom stereocenters. The number of hydrogen-bond donors (Lipinski definition) is 1. The maximum absolute atomic E-state index is 10.6. The van der Waals surface area contributed by atoms with Crippen LogP contribution in [0.15, 0.2) is 0 Å². The molecule has 0 aromatic heterocycles. The molecule has 14 heavy (non-hydrogen) atoms. The van der Waals surface area contributed by atoms with Gasteiger partial charge in [-0.25, -0.2) is 0 Å². The number of rotatable bonds is 5. The van der Waals surface area contributed by atoms with Crippen LogP contribution in [0.5, 0.6) is 0 Å². The van der Waals surface area contributed by atoms with Gasteiger partial charge < -0.3 is 5.11 Å². The molecule has 1 heteroatoms. The first-order valence-corrected chi connectivity index (χ1v) is 6.45. The van der Waals surface area contributed by atoms with E-state index < -0.39 is 0 Å². The molecule has 0 radical (unpaired) electrons. The maximum Gasteiger partial charge on any atom is 0.0675 e. The molecule has 2 atom stereocenters. The van der Waals surface area contributed by atoms with Crippen LogP contribution in [0.3, 0.4) is 0 Å². The van der Waals surface area contributed by atoms with Gasteiger partial charge in [0, 0.05) is 0 Å². The molecular formula is C13H26O. The lowest BCUT2D eigenvalue weighted by molar-refractivity contribution is -0.0578. The monoisotopic (exact) mass is 198 g/mol. The molecule has 0 heterocycles. The number of aliphatic hydroxyl groups is 1. The lowest BCUT2D eigenvalue weighted by atomic mass is 9.71. The zero-order valence-corrected chi connectivity index (χ0v) is 9.89. The standard InChI is InChI=1S/C13H26O/c1-3-5-7-10-13(14)11-8-6-9-12(13)4-2/h12,14H,3-11H2,1-2H3. The molecule has 1 aliphatic rings. The predicted molar refractivity (Wildman–Crippen MR) is 61.3 cm³/mol. The van der Waals surface area contributed by atoms with Crippen LogP contribution in [-0.2, 0) is 0 Å². The summed E-state index contributed by atoms with van der Waals surface area (Å²) < 4.78 is 0. The van der Waals surface area contributed by atoms with E-state index in [2.05, 4.69) is 13.8 Å². The fourth-order valence-corrected chi connectivity index (χ4v) is 2.89. The highest BCUT2D eigenvalue weighted by atomic mass is 16.3. The van der Waals surface area contributed by atoms with E-state index in [4.69, 9.17) is 0 Å². The zero-order chi connectivity index (χ0) is 10.4. The van der Waals surface area contributed by atoms with Gasteiger partial charge in [0.05, 0.1) is 5.60 Å². The van der Waals surface area contributed by atoms with E-state index in [1.165, 1.54) is 38.5 Å². The predicted octanol–water partition coefficient (Wildman–Crippen LogP) is 3.90. The fourth-order valence-electron chi connectivity index (χ4n) is 2.89. The molecule has 1 fully saturated rings. The summed E-state index contributed by atoms with van der Waals surface area (Å²) in [4.78, 5) is 0. The molecule has 84 valence electrons. The van der Waals surface area contributed by atoms with E-state index in [0.717, 1.165) is 19.3 Å². The summed E-state index contributed by atoms with van der Waals surface area (Å²) in [5.41, 5.74) is -0.303. The minimum absolute atomic E-state index is 0.303. The van der Waals surface area contributed by atoms with Gasteiger partial charge in [0.15, 0.2) is 0 Å². The molecular weight excluding hydrogens is 172 g/mol. The minimum atomic E-state index is -0.303. The van der Waals surface area contributed by atoms with Crippen molar-refractivity contribution in [3.05, 3.63) is 0 Å². The van der Waals surface area contributed by atoms with Gasteiger partial charge in [0.1, 0.15) is 0 Å². The van der Waals surface area contributed by atoms with Crippen molar-refractivity contribution in [1.29, 1.82) is 0 Å². The molecule has 1 rings (SSSR count). The summed E-state index contributed by atoms with van der Waals surface area (Å²) in [5.74, 6) is 0.577. The lowest BCUT2D eigenvalue weighted by Crippen LogP contribution is -2.40. The van der Waals surface area contributed by atoms with E-state index in [1.807, 2.05) is 0 Å². The van der Waals surface area contributed by atoms with Crippen LogP contribution in [0.1, 0.15) is 71.6 Å². The lowest BCUT2D eigenvalue weighted by Gasteiger charge is -2.40. The first kappa shape index (κ1) is 12.0. The minimum Gasteiger partial charge on any atom is -0.390 e. The zero-order valence-electron chi connectivity index (χ0n) is 9.89. The van der Waals surface area contributed by atoms with Crippen LogP contribution in [0.2, 0.25) is 0 Å². The molecule has 0 aromatic rings. The molecule has 0 amide bonds. The van der Waals surface area contributed by atoms with Crippen LogP contribution < -0.4 is 0 Å². The summed E-state index contributed by atoms with van der Waals surface area (Å²) in [6.45, 7) is 4.45. The van der Waals surface area contributed by atoms with Crippen LogP contribution in [-0.4, -0.2) is 10.7 Å². The molecule has 0 spiro atoms. The molecule has 0 saturated heterocycles. The van der Waals surface area contributed by atoms with Crippen molar-refractivity contribution in [2.75, 3.05) is 0 Å². The van der Waals surface area contributed by atoms with Gasteiger partial charge in [0.2, 0.25) is 0 Å². The highest BCUT2D eigenvalue weighted by Gasteiger charge is 2.36. The van der Waals surface area contributed by atoms with Crippen molar-refractivity contribution < 1.29 is 5.11 Å². The Bertz CT molecular complexity index is 155. The molecule has 1 saturated carbocycles. The van der Waals surface area contributed by atoms with Crippen LogP contribution in [0.25, 0.3) is 0 Å². The van der Waals surface area contributed by atoms with Gasteiger partial charge in [-0.05, 0) is 25.2 Å². The van der Waals surface area contributed by atoms with Crippen LogP contribution >= 0.6 is 0 Å². The Balaban J connectivity index is 2.41. The van der Waals surface area contributed by atoms with Crippen LogP contribution in [0.4, 0.5) is 0 Å². The van der Waals surface area contributed by atoms with Crippen molar-refractivity contribution in [2.45, 2.75) is 77.2 Å². The van der Waals surface area contributed by atoms with Crippen molar-refractivity contribution in [2.24, 2.45) is 5.92 Å². The highest BCUT2D eigenvalue weighted by molar-refractivity contribution is 4.89. The maximum atomic E-state index is 10.6. The Labute approximate surface area is 88.9 Å². The van der Waals surface area contributed by atoms with Gasteiger partial charge in [-0.15, -0.1) is 0 Å². The van der Waals surface area contributed by atoms with E-state index in [1.54, 1.807) is 0 Å². The third kappa shape index (κ3) is 2.98. The van der Waals surface area contributed by atoms with Gasteiger partial charge in [-0.1, -0.05) is 52.4 Å². The Morgan fingerprint density at radius 2 is 2.00 bits per heavy atom. The second-order valence-corrected chi connectivity index (χ2v) is 4.91. The largest absolute Gasteiger partial charge is 0.390 e. The second-order valence-electron chi connectivity index (χ2n) is 4.91. The van der Waals surface area contributed by atoms with Crippen molar-refractivity contribution in [1.82, 2.24) is 0 Å². The first-order valence-electron chi connectivity index (χ1n) is 6.45. The molecule has 0 aliphatic heterocycles. The van der Waals surface area contributed by atoms with Gasteiger partial charge in [-0.3, -0.25) is 0 Å². The average Bonchev–Trinajstić information content (AvgIpc) is 2.19. The Morgan fingerprint density at radius 3 is 2.64 bits per heavy atom. The van der Waals surface area contributed by atoms with Crippen LogP contribution in [0, 0.1) is 5.92 Å². The average molecular weight is 198 g/mol. The van der Waals surface area contributed by atoms with E-state index >= 15 is 0 Å². The van der Waals surface area contributed by atoms with Gasteiger partial charge in [0.25, 0.3) is 0 Å². The van der Waals surface area contributed by atoms with Crippen molar-refractivity contribution >= 4 is 0 Å². The smallest absolute Gasteiger partial charge is 0.0675 e. The summed E-state index contributed by atoms with van der Waals surface area (Å²) in [6, 6.07) is 0. The topological polar surface area (TPSA) is 20.2 Å². The Morgan fingerprint density at radius 1 is 1.21 bits per heavy atom. The molecule has 1 aliphatic carbocycles. The van der Waals surface area contributed by atoms with E-state index in [-0.39, 0.29) is 5.60 Å². The van der Waals surface area contributed by atoms with Crippen molar-refractivity contribution in [3.8, 4) is 0 Å². The van der Waals surface area contributed by atoms with Gasteiger partial charge >= 0.3 is 0 Å². The Hall–Kier alpha value is -0.0400. The fraction of sp³-hybridized carbons (Fsp3) is 1.00. The summed E-state index contributed by atoms with van der Waals surface area (Å²) >= 11 is 0. The number of unbranched alkanes of at least 4 members (excludes halogenated alkanes) is 2. The summed E-state index contributed by atoms with van der Waals surface area (Å²) in [7, 11) is 0. The van der Waals surface area contributed by atoms with E-state index in [9.17, 15) is 5.11 Å². The van der Waals surface area contributed by atoms with E-state index in [0.29, 0.717) is 5.92 Å². The molecule has 0 bridgehead atoms. The summed E-state index contributed by atoms with van der Waals surface area (Å²) in [5, 5.41) is 10.6. The quantitative estimate of drug-likeness (QED) is 0.664. The molecule has 1 nitrogen and oxygen atoms in total. The normalized spacial score (nSPS) is 33.2. The first-order chi connectivity index (χ1) is 6.73. The third-order valence-corrected chi connectivity index (χ3v) is 3.88. The Kier molecular flexibility index (Phi) is 4.94. The molecule has 0 aromatic carbocycles. The molecule has 1 N–H and O–H groups in total. The van der Waals surface area contributed by atoms with Crippen molar-refractivity contribution in [3.63, 3.8) is 0 Å². The summed E-state index contributed by atoms with van der Waals surface area (Å²) in [6.07, 6.45) is 10.8.